The van der Waals surface area contributed by atoms with Gasteiger partial charge in [0.2, 0.25) is 0 Å². The monoisotopic (exact) mass is 786 g/mol. The molecule has 6 aromatic rings. The Morgan fingerprint density at radius 3 is 2.00 bits per heavy atom. The number of benzene rings is 4. The predicted octanol–water partition coefficient (Wildman–Crippen LogP) is 6.80. The lowest BCUT2D eigenvalue weighted by molar-refractivity contribution is 0.101. The zero-order chi connectivity index (χ0) is 39.3. The van der Waals surface area contributed by atoms with E-state index in [-0.39, 0.29) is 33.3 Å². The lowest BCUT2D eigenvalue weighted by Crippen LogP contribution is -2.43. The molecule has 0 atom stereocenters. The van der Waals surface area contributed by atoms with E-state index in [0.29, 0.717) is 11.3 Å². The fourth-order valence-electron chi connectivity index (χ4n) is 6.80. The number of aromatic nitrogens is 2. The van der Waals surface area contributed by atoms with Crippen LogP contribution in [0.1, 0.15) is 20.3 Å². The van der Waals surface area contributed by atoms with Crippen LogP contribution in [0.15, 0.2) is 103 Å². The Balaban J connectivity index is 1.02. The van der Waals surface area contributed by atoms with Crippen molar-refractivity contribution in [1.82, 2.24) is 20.6 Å². The molecule has 2 saturated heterocycles. The summed E-state index contributed by atoms with van der Waals surface area (Å²) < 4.78 is 31.9. The van der Waals surface area contributed by atoms with Gasteiger partial charge in [0.15, 0.2) is 5.01 Å². The summed E-state index contributed by atoms with van der Waals surface area (Å²) in [5, 5.41) is 16.4. The van der Waals surface area contributed by atoms with Gasteiger partial charge in [0.25, 0.3) is 11.8 Å². The number of amides is 2. The molecule has 4 heterocycles. The van der Waals surface area contributed by atoms with Crippen molar-refractivity contribution in [2.24, 2.45) is 0 Å². The number of hydrogen-bond donors (Lipinski definition) is 6. The van der Waals surface area contributed by atoms with E-state index >= 15 is 8.78 Å². The standard InChI is InChI=1S/C42H40F2N10O2S/c43-31-20-29(28-6-9-33(45)36(22-28)51-40(55)35-11-8-30(24-48-35)53-16-12-46-13-17-53)21-32(44)39(31)50-34-10-7-27(26-4-2-1-3-5-26)23-37(34)52-41(56)42-49-25-38(57-42)54-18-14-47-15-19-54/h1-11,20-25,46-47,50H,12-19,45H2,(H,51,55)(H,52,56). The minimum Gasteiger partial charge on any atom is -0.397 e. The van der Waals surface area contributed by atoms with E-state index in [2.05, 4.69) is 46.4 Å². The van der Waals surface area contributed by atoms with Gasteiger partial charge in [0.1, 0.15) is 28.0 Å². The highest BCUT2D eigenvalue weighted by Crippen LogP contribution is 2.36. The molecular formula is C42H40F2N10O2S. The Morgan fingerprint density at radius 2 is 1.30 bits per heavy atom. The van der Waals surface area contributed by atoms with Crippen LogP contribution in [-0.4, -0.2) is 74.1 Å². The Labute approximate surface area is 332 Å². The zero-order valence-corrected chi connectivity index (χ0v) is 31.6. The van der Waals surface area contributed by atoms with Crippen molar-refractivity contribution in [2.75, 3.05) is 83.8 Å². The topological polar surface area (TPSA) is 153 Å². The van der Waals surface area contributed by atoms with Gasteiger partial charge in [-0.1, -0.05) is 53.8 Å². The molecule has 15 heteroatoms. The number of pyridine rings is 1. The molecule has 8 rings (SSSR count). The number of nitrogens with one attached hydrogen (secondary N) is 5. The Hall–Kier alpha value is -6.42. The van der Waals surface area contributed by atoms with Gasteiger partial charge >= 0.3 is 0 Å². The number of anilines is 7. The van der Waals surface area contributed by atoms with Gasteiger partial charge < -0.3 is 42.1 Å². The number of piperazine rings is 2. The molecule has 4 aromatic carbocycles. The summed E-state index contributed by atoms with van der Waals surface area (Å²) in [6.45, 7) is 6.77. The molecule has 0 bridgehead atoms. The summed E-state index contributed by atoms with van der Waals surface area (Å²) >= 11 is 1.29. The van der Waals surface area contributed by atoms with Crippen LogP contribution >= 0.6 is 11.3 Å². The molecule has 0 aliphatic carbocycles. The van der Waals surface area contributed by atoms with E-state index in [4.69, 9.17) is 5.73 Å². The molecular weight excluding hydrogens is 747 g/mol. The van der Waals surface area contributed by atoms with Gasteiger partial charge in [0.05, 0.1) is 40.8 Å². The summed E-state index contributed by atoms with van der Waals surface area (Å²) in [6.07, 6.45) is 3.36. The van der Waals surface area contributed by atoms with Crippen LogP contribution in [0, 0.1) is 11.6 Å². The molecule has 0 spiro atoms. The minimum absolute atomic E-state index is 0.199. The lowest BCUT2D eigenvalue weighted by atomic mass is 10.0. The highest BCUT2D eigenvalue weighted by molar-refractivity contribution is 7.17. The summed E-state index contributed by atoms with van der Waals surface area (Å²) in [4.78, 5) is 39.8. The van der Waals surface area contributed by atoms with Gasteiger partial charge in [-0.3, -0.25) is 9.59 Å². The first-order chi connectivity index (χ1) is 27.8. The third kappa shape index (κ3) is 8.55. The van der Waals surface area contributed by atoms with Crippen LogP contribution in [0.4, 0.5) is 47.9 Å². The van der Waals surface area contributed by atoms with Crippen molar-refractivity contribution in [1.29, 1.82) is 0 Å². The van der Waals surface area contributed by atoms with Crippen molar-refractivity contribution in [3.8, 4) is 22.3 Å². The van der Waals surface area contributed by atoms with Crippen molar-refractivity contribution >= 4 is 62.3 Å². The summed E-state index contributed by atoms with van der Waals surface area (Å²) in [7, 11) is 0. The SMILES string of the molecule is Nc1ccc(-c2cc(F)c(Nc3ccc(-c4ccccc4)cc3NC(=O)c3ncc(N4CCNCC4)s3)c(F)c2)cc1NC(=O)c1ccc(N2CCNCC2)cn1. The first-order valence-electron chi connectivity index (χ1n) is 18.6. The van der Waals surface area contributed by atoms with E-state index in [1.165, 1.54) is 23.5 Å². The van der Waals surface area contributed by atoms with Gasteiger partial charge in [0, 0.05) is 52.4 Å². The van der Waals surface area contributed by atoms with E-state index in [0.717, 1.165) is 74.2 Å². The van der Waals surface area contributed by atoms with E-state index in [1.807, 2.05) is 42.5 Å². The van der Waals surface area contributed by atoms with E-state index in [1.54, 1.807) is 48.8 Å². The van der Waals surface area contributed by atoms with Crippen molar-refractivity contribution in [3.63, 3.8) is 0 Å². The number of hydrogen-bond acceptors (Lipinski definition) is 11. The molecule has 290 valence electrons. The zero-order valence-electron chi connectivity index (χ0n) is 30.8. The fraction of sp³-hybridized carbons (Fsp3) is 0.190. The molecule has 2 fully saturated rings. The minimum atomic E-state index is -0.869. The number of rotatable bonds is 10. The fourth-order valence-corrected chi connectivity index (χ4v) is 7.66. The molecule has 2 aromatic heterocycles. The average molecular weight is 787 g/mol. The first-order valence-corrected chi connectivity index (χ1v) is 19.4. The van der Waals surface area contributed by atoms with Gasteiger partial charge in [-0.2, -0.15) is 0 Å². The normalized spacial score (nSPS) is 14.3. The van der Waals surface area contributed by atoms with Crippen LogP contribution in [0.5, 0.6) is 0 Å². The largest absolute Gasteiger partial charge is 0.397 e. The quantitative estimate of drug-likeness (QED) is 0.0819. The third-order valence-electron chi connectivity index (χ3n) is 9.89. The van der Waals surface area contributed by atoms with Gasteiger partial charge in [-0.05, 0) is 70.8 Å². The van der Waals surface area contributed by atoms with Crippen LogP contribution in [0.3, 0.4) is 0 Å². The molecule has 2 amide bonds. The molecule has 57 heavy (non-hydrogen) atoms. The maximum atomic E-state index is 15.9. The number of thiazole rings is 1. The van der Waals surface area contributed by atoms with Gasteiger partial charge in [-0.15, -0.1) is 0 Å². The smallest absolute Gasteiger partial charge is 0.284 e. The van der Waals surface area contributed by atoms with Gasteiger partial charge in [-0.25, -0.2) is 18.7 Å². The molecule has 12 nitrogen and oxygen atoms in total. The molecule has 0 saturated carbocycles. The maximum Gasteiger partial charge on any atom is 0.284 e. The second-order valence-corrected chi connectivity index (χ2v) is 14.7. The molecule has 2 aliphatic heterocycles. The van der Waals surface area contributed by atoms with Crippen LogP contribution < -0.4 is 42.1 Å². The summed E-state index contributed by atoms with van der Waals surface area (Å²) in [5.74, 6) is -2.66. The number of nitrogens with zero attached hydrogens (tertiary/aromatic N) is 4. The molecule has 7 N–H and O–H groups in total. The molecule has 0 radical (unpaired) electrons. The highest BCUT2D eigenvalue weighted by atomic mass is 32.1. The third-order valence-corrected chi connectivity index (χ3v) is 10.9. The van der Waals surface area contributed by atoms with E-state index < -0.39 is 29.1 Å². The maximum absolute atomic E-state index is 15.9. The molecule has 2 aliphatic rings. The van der Waals surface area contributed by atoms with Crippen molar-refractivity contribution in [3.05, 3.63) is 126 Å². The summed E-state index contributed by atoms with van der Waals surface area (Å²) in [5.41, 5.74) is 10.4. The Bertz CT molecular complexity index is 2380. The predicted molar refractivity (Wildman–Crippen MR) is 224 cm³/mol. The number of carbonyl (C=O) groups excluding carboxylic acids is 2. The number of nitrogens with two attached hydrogens (primary N) is 1. The number of nitrogen functional groups attached to an aromatic ring is 1. The van der Waals surface area contributed by atoms with Crippen molar-refractivity contribution < 1.29 is 18.4 Å². The second-order valence-electron chi connectivity index (χ2n) is 13.7. The Kier molecular flexibility index (Phi) is 11.0. The Morgan fingerprint density at radius 1 is 0.649 bits per heavy atom. The lowest BCUT2D eigenvalue weighted by Gasteiger charge is -2.29. The van der Waals surface area contributed by atoms with E-state index in [9.17, 15) is 9.59 Å². The first kappa shape index (κ1) is 37.5. The van der Waals surface area contributed by atoms with Crippen molar-refractivity contribution in [2.45, 2.75) is 0 Å². The summed E-state index contributed by atoms with van der Waals surface area (Å²) in [6, 6.07) is 25.5. The second kappa shape index (κ2) is 16.8. The van der Waals surface area contributed by atoms with Crippen LogP contribution in [-0.2, 0) is 0 Å². The number of halogens is 2. The molecule has 0 unspecified atom stereocenters. The number of carbonyl (C=O) groups is 2. The average Bonchev–Trinajstić information content (AvgIpc) is 3.75. The van der Waals surface area contributed by atoms with Crippen LogP contribution in [0.25, 0.3) is 22.3 Å². The van der Waals surface area contributed by atoms with Crippen LogP contribution in [0.2, 0.25) is 0 Å². The highest BCUT2D eigenvalue weighted by Gasteiger charge is 2.21.